The number of fused-ring (bicyclic) bond motifs is 1. The van der Waals surface area contributed by atoms with Gasteiger partial charge >= 0.3 is 0 Å². The number of hydrogen-bond acceptors (Lipinski definition) is 5. The Morgan fingerprint density at radius 1 is 1.06 bits per heavy atom. The zero-order valence-corrected chi connectivity index (χ0v) is 18.6. The molecule has 1 amide bonds. The molecule has 1 atom stereocenters. The fourth-order valence-electron chi connectivity index (χ4n) is 3.48. The van der Waals surface area contributed by atoms with E-state index in [0.717, 1.165) is 5.56 Å². The van der Waals surface area contributed by atoms with Crippen molar-refractivity contribution in [2.45, 2.75) is 18.1 Å². The van der Waals surface area contributed by atoms with Crippen LogP contribution in [0.15, 0.2) is 88.8 Å². The summed E-state index contributed by atoms with van der Waals surface area (Å²) in [6.45, 7) is 1.97. The molecule has 0 aliphatic heterocycles. The highest BCUT2D eigenvalue weighted by Crippen LogP contribution is 2.25. The van der Waals surface area contributed by atoms with Crippen molar-refractivity contribution in [1.29, 1.82) is 0 Å². The van der Waals surface area contributed by atoms with Crippen molar-refractivity contribution in [2.24, 2.45) is 0 Å². The number of ether oxygens (including phenoxy) is 1. The van der Waals surface area contributed by atoms with Crippen LogP contribution in [0.4, 0.5) is 5.69 Å². The summed E-state index contributed by atoms with van der Waals surface area (Å²) in [4.78, 5) is 30.7. The van der Waals surface area contributed by atoms with Gasteiger partial charge < -0.3 is 10.1 Å². The van der Waals surface area contributed by atoms with Crippen LogP contribution in [0.25, 0.3) is 10.9 Å². The van der Waals surface area contributed by atoms with Crippen molar-refractivity contribution in [3.8, 4) is 5.75 Å². The van der Waals surface area contributed by atoms with Crippen LogP contribution in [0.2, 0.25) is 0 Å². The number of hydrogen-bond donors (Lipinski definition) is 1. The molecule has 0 aliphatic carbocycles. The summed E-state index contributed by atoms with van der Waals surface area (Å²) in [6.07, 6.45) is 0. The molecular formula is C25H23N3O3S. The molecule has 4 rings (SSSR count). The van der Waals surface area contributed by atoms with Crippen molar-refractivity contribution < 1.29 is 9.53 Å². The minimum atomic E-state index is -0.232. The molecule has 7 heteroatoms. The van der Waals surface area contributed by atoms with Crippen LogP contribution in [0.5, 0.6) is 5.75 Å². The van der Waals surface area contributed by atoms with Gasteiger partial charge in [-0.2, -0.15) is 0 Å². The number of nitrogens with one attached hydrogen (secondary N) is 1. The zero-order valence-electron chi connectivity index (χ0n) is 17.8. The van der Waals surface area contributed by atoms with E-state index in [1.807, 2.05) is 67.6 Å². The summed E-state index contributed by atoms with van der Waals surface area (Å²) < 4.78 is 6.87. The minimum absolute atomic E-state index is 0.115. The van der Waals surface area contributed by atoms with Crippen LogP contribution in [0, 0.1) is 0 Å². The van der Waals surface area contributed by atoms with Gasteiger partial charge in [0, 0.05) is 11.8 Å². The number of benzene rings is 3. The predicted molar refractivity (Wildman–Crippen MR) is 129 cm³/mol. The van der Waals surface area contributed by atoms with Crippen molar-refractivity contribution in [2.75, 3.05) is 18.2 Å². The molecular weight excluding hydrogens is 422 g/mol. The fraction of sp³-hybridized carbons (Fsp3) is 0.160. The van der Waals surface area contributed by atoms with E-state index >= 15 is 0 Å². The number of para-hydroxylation sites is 1. The number of thioether (sulfide) groups is 1. The average molecular weight is 446 g/mol. The Hall–Kier alpha value is -3.58. The highest BCUT2D eigenvalue weighted by molar-refractivity contribution is 7.99. The van der Waals surface area contributed by atoms with Gasteiger partial charge in [0.25, 0.3) is 5.56 Å². The van der Waals surface area contributed by atoms with Gasteiger partial charge in [-0.25, -0.2) is 4.98 Å². The molecule has 0 saturated carbocycles. The maximum atomic E-state index is 13.4. The second-order valence-corrected chi connectivity index (χ2v) is 8.18. The van der Waals surface area contributed by atoms with E-state index in [1.165, 1.54) is 11.8 Å². The highest BCUT2D eigenvalue weighted by Gasteiger charge is 2.19. The molecule has 162 valence electrons. The van der Waals surface area contributed by atoms with E-state index in [1.54, 1.807) is 29.9 Å². The largest absolute Gasteiger partial charge is 0.497 e. The molecule has 0 radical (unpaired) electrons. The van der Waals surface area contributed by atoms with Crippen LogP contribution >= 0.6 is 11.8 Å². The van der Waals surface area contributed by atoms with Crippen molar-refractivity contribution in [3.05, 3.63) is 94.8 Å². The topological polar surface area (TPSA) is 73.2 Å². The predicted octanol–water partition coefficient (Wildman–Crippen LogP) is 4.75. The molecule has 0 saturated heterocycles. The summed E-state index contributed by atoms with van der Waals surface area (Å²) >= 11 is 1.24. The number of nitrogens with zero attached hydrogens (tertiary/aromatic N) is 2. The van der Waals surface area contributed by atoms with E-state index < -0.39 is 0 Å². The van der Waals surface area contributed by atoms with E-state index in [9.17, 15) is 9.59 Å². The lowest BCUT2D eigenvalue weighted by Gasteiger charge is -2.20. The Balaban J connectivity index is 1.63. The third-order valence-corrected chi connectivity index (χ3v) is 6.08. The quantitative estimate of drug-likeness (QED) is 0.328. The number of carbonyl (C=O) groups is 1. The molecule has 1 heterocycles. The van der Waals surface area contributed by atoms with Crippen LogP contribution < -0.4 is 15.6 Å². The standard InChI is InChI=1S/C25H23N3O3S/c1-17(18-9-4-3-5-10-18)28-24(30)21-13-6-7-14-22(21)27-25(28)32-16-23(29)26-19-11-8-12-20(15-19)31-2/h3-15,17H,16H2,1-2H3,(H,26,29). The second kappa shape index (κ2) is 9.70. The molecule has 0 bridgehead atoms. The second-order valence-electron chi connectivity index (χ2n) is 7.24. The monoisotopic (exact) mass is 445 g/mol. The first-order valence-electron chi connectivity index (χ1n) is 10.2. The Morgan fingerprint density at radius 3 is 2.59 bits per heavy atom. The maximum Gasteiger partial charge on any atom is 0.262 e. The van der Waals surface area contributed by atoms with Gasteiger partial charge in [-0.3, -0.25) is 14.2 Å². The van der Waals surface area contributed by atoms with E-state index in [2.05, 4.69) is 5.32 Å². The Labute approximate surface area is 190 Å². The van der Waals surface area contributed by atoms with Gasteiger partial charge in [0.05, 0.1) is 29.8 Å². The third kappa shape index (κ3) is 4.68. The molecule has 6 nitrogen and oxygen atoms in total. The number of rotatable bonds is 7. The first kappa shape index (κ1) is 21.6. The first-order chi connectivity index (χ1) is 15.6. The Kier molecular flexibility index (Phi) is 6.56. The van der Waals surface area contributed by atoms with Crippen molar-refractivity contribution in [1.82, 2.24) is 9.55 Å². The molecule has 0 spiro atoms. The molecule has 0 aliphatic rings. The first-order valence-corrected chi connectivity index (χ1v) is 11.2. The number of aromatic nitrogens is 2. The van der Waals surface area contributed by atoms with Gasteiger partial charge in [-0.1, -0.05) is 60.3 Å². The van der Waals surface area contributed by atoms with Crippen LogP contribution in [-0.2, 0) is 4.79 Å². The van der Waals surface area contributed by atoms with Crippen LogP contribution in [0.1, 0.15) is 18.5 Å². The zero-order chi connectivity index (χ0) is 22.5. The van der Waals surface area contributed by atoms with Crippen molar-refractivity contribution in [3.63, 3.8) is 0 Å². The summed E-state index contributed by atoms with van der Waals surface area (Å²) in [5.41, 5.74) is 2.14. The molecule has 1 N–H and O–H groups in total. The Bertz CT molecular complexity index is 1300. The van der Waals surface area contributed by atoms with E-state index in [-0.39, 0.29) is 23.3 Å². The normalized spacial score (nSPS) is 11.8. The highest BCUT2D eigenvalue weighted by atomic mass is 32.2. The lowest BCUT2D eigenvalue weighted by Crippen LogP contribution is -2.27. The van der Waals surface area contributed by atoms with E-state index in [4.69, 9.17) is 9.72 Å². The molecule has 0 fully saturated rings. The van der Waals surface area contributed by atoms with Gasteiger partial charge in [-0.05, 0) is 36.8 Å². The van der Waals surface area contributed by atoms with Crippen LogP contribution in [0.3, 0.4) is 0 Å². The smallest absolute Gasteiger partial charge is 0.262 e. The molecule has 1 unspecified atom stereocenters. The molecule has 32 heavy (non-hydrogen) atoms. The van der Waals surface area contributed by atoms with Gasteiger partial charge in [-0.15, -0.1) is 0 Å². The molecule has 3 aromatic carbocycles. The van der Waals surface area contributed by atoms with E-state index in [0.29, 0.717) is 27.5 Å². The maximum absolute atomic E-state index is 13.4. The summed E-state index contributed by atoms with van der Waals surface area (Å²) in [7, 11) is 1.58. The lowest BCUT2D eigenvalue weighted by molar-refractivity contribution is -0.113. The average Bonchev–Trinajstić information content (AvgIpc) is 2.83. The summed E-state index contributed by atoms with van der Waals surface area (Å²) in [6, 6.07) is 24.0. The van der Waals surface area contributed by atoms with Gasteiger partial charge in [0.1, 0.15) is 5.75 Å². The summed E-state index contributed by atoms with van der Waals surface area (Å²) in [5.74, 6) is 0.588. The van der Waals surface area contributed by atoms with Gasteiger partial charge in [0.2, 0.25) is 5.91 Å². The molecule has 4 aromatic rings. The third-order valence-electron chi connectivity index (χ3n) is 5.13. The van der Waals surface area contributed by atoms with Crippen LogP contribution in [-0.4, -0.2) is 28.3 Å². The summed E-state index contributed by atoms with van der Waals surface area (Å²) in [5, 5.41) is 3.93. The number of carbonyl (C=O) groups excluding carboxylic acids is 1. The number of amides is 1. The molecule has 1 aromatic heterocycles. The fourth-order valence-corrected chi connectivity index (χ4v) is 4.35. The lowest BCUT2D eigenvalue weighted by atomic mass is 10.1. The SMILES string of the molecule is COc1cccc(NC(=O)CSc2nc3ccccc3c(=O)n2C(C)c2ccccc2)c1. The minimum Gasteiger partial charge on any atom is -0.497 e. The number of methoxy groups -OCH3 is 1. The van der Waals surface area contributed by atoms with Crippen molar-refractivity contribution >= 4 is 34.3 Å². The van der Waals surface area contributed by atoms with Gasteiger partial charge in [0.15, 0.2) is 5.16 Å². The Morgan fingerprint density at radius 2 is 1.81 bits per heavy atom. The number of anilines is 1.